The first kappa shape index (κ1) is 15.7. The van der Waals surface area contributed by atoms with Gasteiger partial charge in [0.2, 0.25) is 0 Å². The fourth-order valence-corrected chi connectivity index (χ4v) is 3.27. The molecule has 1 aliphatic rings. The molecule has 1 aromatic carbocycles. The third-order valence-corrected chi connectivity index (χ3v) is 4.21. The molecule has 0 N–H and O–H groups in total. The van der Waals surface area contributed by atoms with Gasteiger partial charge in [0, 0.05) is 13.1 Å². The quantitative estimate of drug-likeness (QED) is 0.856. The Bertz CT molecular complexity index is 699. The molecule has 2 aromatic rings. The molecule has 1 aliphatic heterocycles. The van der Waals surface area contributed by atoms with E-state index in [-0.39, 0.29) is 18.1 Å². The highest BCUT2D eigenvalue weighted by molar-refractivity contribution is 5.96. The molecule has 1 amide bonds. The summed E-state index contributed by atoms with van der Waals surface area (Å²) in [6.07, 6.45) is 0.125. The molecule has 0 unspecified atom stereocenters. The number of rotatable bonds is 2. The van der Waals surface area contributed by atoms with Crippen LogP contribution in [0.25, 0.3) is 5.69 Å². The highest BCUT2D eigenvalue weighted by atomic mass is 16.5. The molecule has 2 heterocycles. The molecule has 122 valence electrons. The van der Waals surface area contributed by atoms with E-state index in [9.17, 15) is 4.79 Å². The van der Waals surface area contributed by atoms with E-state index in [0.717, 1.165) is 17.1 Å². The number of aryl methyl sites for hydroxylation is 1. The largest absolute Gasteiger partial charge is 0.372 e. The van der Waals surface area contributed by atoms with Crippen molar-refractivity contribution >= 4 is 5.91 Å². The van der Waals surface area contributed by atoms with Gasteiger partial charge in [-0.15, -0.1) is 0 Å². The smallest absolute Gasteiger partial charge is 0.257 e. The summed E-state index contributed by atoms with van der Waals surface area (Å²) < 4.78 is 7.57. The Morgan fingerprint density at radius 3 is 2.35 bits per heavy atom. The Balaban J connectivity index is 1.94. The molecule has 0 aliphatic carbocycles. The van der Waals surface area contributed by atoms with Crippen LogP contribution in [0.5, 0.6) is 0 Å². The van der Waals surface area contributed by atoms with E-state index in [1.165, 1.54) is 0 Å². The predicted molar refractivity (Wildman–Crippen MR) is 89.0 cm³/mol. The monoisotopic (exact) mass is 313 g/mol. The summed E-state index contributed by atoms with van der Waals surface area (Å²) in [7, 11) is 0. The number of carbonyl (C=O) groups is 1. The van der Waals surface area contributed by atoms with Gasteiger partial charge in [-0.1, -0.05) is 18.2 Å². The third-order valence-electron chi connectivity index (χ3n) is 4.21. The van der Waals surface area contributed by atoms with Crippen molar-refractivity contribution in [3.8, 4) is 5.69 Å². The van der Waals surface area contributed by atoms with Crippen molar-refractivity contribution in [3.05, 3.63) is 47.3 Å². The fraction of sp³-hybridized carbons (Fsp3) is 0.444. The molecule has 23 heavy (non-hydrogen) atoms. The van der Waals surface area contributed by atoms with Crippen LogP contribution >= 0.6 is 0 Å². The summed E-state index contributed by atoms with van der Waals surface area (Å²) in [6.45, 7) is 9.10. The molecule has 1 fully saturated rings. The molecule has 3 rings (SSSR count). The summed E-state index contributed by atoms with van der Waals surface area (Å²) in [4.78, 5) is 14.9. The first-order valence-electron chi connectivity index (χ1n) is 8.03. The fourth-order valence-electron chi connectivity index (χ4n) is 3.27. The van der Waals surface area contributed by atoms with Crippen molar-refractivity contribution < 1.29 is 9.53 Å². The molecule has 0 spiro atoms. The summed E-state index contributed by atoms with van der Waals surface area (Å²) in [6, 6.07) is 9.90. The minimum atomic E-state index is 0.0455. The van der Waals surface area contributed by atoms with Crippen LogP contribution < -0.4 is 0 Å². The Hall–Kier alpha value is -2.14. The number of benzene rings is 1. The van der Waals surface area contributed by atoms with Crippen molar-refractivity contribution in [2.75, 3.05) is 13.1 Å². The first-order valence-corrected chi connectivity index (χ1v) is 8.03. The second-order valence-corrected chi connectivity index (χ2v) is 6.26. The van der Waals surface area contributed by atoms with Gasteiger partial charge in [-0.25, -0.2) is 4.68 Å². The van der Waals surface area contributed by atoms with Crippen molar-refractivity contribution in [1.29, 1.82) is 0 Å². The summed E-state index contributed by atoms with van der Waals surface area (Å²) in [5.41, 5.74) is 3.32. The van der Waals surface area contributed by atoms with Crippen molar-refractivity contribution in [2.24, 2.45) is 0 Å². The van der Waals surface area contributed by atoms with E-state index in [4.69, 9.17) is 4.74 Å². The summed E-state index contributed by atoms with van der Waals surface area (Å²) in [5.74, 6) is 0.0455. The van der Waals surface area contributed by atoms with Gasteiger partial charge in [0.15, 0.2) is 0 Å². The SMILES string of the molecule is Cc1nn(-c2ccccc2)c(C)c1C(=O)N1C[C@H](C)O[C@@H](C)C1. The van der Waals surface area contributed by atoms with Gasteiger partial charge in [0.05, 0.1) is 34.8 Å². The lowest BCUT2D eigenvalue weighted by molar-refractivity contribution is -0.0586. The average molecular weight is 313 g/mol. The molecule has 1 saturated heterocycles. The number of aromatic nitrogens is 2. The zero-order valence-corrected chi connectivity index (χ0v) is 14.1. The maximum atomic E-state index is 13.0. The van der Waals surface area contributed by atoms with E-state index in [2.05, 4.69) is 5.10 Å². The van der Waals surface area contributed by atoms with Gasteiger partial charge >= 0.3 is 0 Å². The number of para-hydroxylation sites is 1. The number of ether oxygens (including phenoxy) is 1. The van der Waals surface area contributed by atoms with Crippen LogP contribution in [0, 0.1) is 13.8 Å². The van der Waals surface area contributed by atoms with Crippen LogP contribution in [0.4, 0.5) is 0 Å². The van der Waals surface area contributed by atoms with Crippen LogP contribution in [0.15, 0.2) is 30.3 Å². The number of amides is 1. The number of hydrogen-bond acceptors (Lipinski definition) is 3. The van der Waals surface area contributed by atoms with Gasteiger partial charge in [0.1, 0.15) is 0 Å². The van der Waals surface area contributed by atoms with Crippen LogP contribution in [-0.2, 0) is 4.74 Å². The topological polar surface area (TPSA) is 47.4 Å². The van der Waals surface area contributed by atoms with Gasteiger partial charge in [-0.05, 0) is 39.8 Å². The molecule has 0 bridgehead atoms. The van der Waals surface area contributed by atoms with E-state index in [0.29, 0.717) is 18.7 Å². The van der Waals surface area contributed by atoms with E-state index < -0.39 is 0 Å². The maximum Gasteiger partial charge on any atom is 0.257 e. The normalized spacial score (nSPS) is 21.5. The predicted octanol–water partition coefficient (Wildman–Crippen LogP) is 2.74. The molecule has 0 radical (unpaired) electrons. The van der Waals surface area contributed by atoms with Crippen molar-refractivity contribution in [3.63, 3.8) is 0 Å². The Morgan fingerprint density at radius 2 is 1.74 bits per heavy atom. The second-order valence-electron chi connectivity index (χ2n) is 6.26. The molecule has 5 nitrogen and oxygen atoms in total. The molecular weight excluding hydrogens is 290 g/mol. The molecular formula is C18H23N3O2. The highest BCUT2D eigenvalue weighted by Gasteiger charge is 2.30. The van der Waals surface area contributed by atoms with Crippen LogP contribution in [-0.4, -0.2) is 45.9 Å². The van der Waals surface area contributed by atoms with Crippen molar-refractivity contribution in [1.82, 2.24) is 14.7 Å². The number of morpholine rings is 1. The Labute approximate surface area is 136 Å². The van der Waals surface area contributed by atoms with Crippen molar-refractivity contribution in [2.45, 2.75) is 39.9 Å². The lowest BCUT2D eigenvalue weighted by Gasteiger charge is -2.35. The number of hydrogen-bond donors (Lipinski definition) is 0. The molecule has 1 aromatic heterocycles. The first-order chi connectivity index (χ1) is 11.0. The molecule has 0 saturated carbocycles. The van der Waals surface area contributed by atoms with Gasteiger partial charge in [-0.3, -0.25) is 4.79 Å². The zero-order chi connectivity index (χ0) is 16.6. The van der Waals surface area contributed by atoms with E-state index in [1.54, 1.807) is 0 Å². The van der Waals surface area contributed by atoms with Gasteiger partial charge < -0.3 is 9.64 Å². The standard InChI is InChI=1S/C18H23N3O2/c1-12-10-20(11-13(2)23-12)18(22)17-14(3)19-21(15(17)4)16-8-6-5-7-9-16/h5-9,12-13H,10-11H2,1-4H3/t12-,13-/m0/s1. The average Bonchev–Trinajstić information content (AvgIpc) is 2.81. The lowest BCUT2D eigenvalue weighted by atomic mass is 10.1. The minimum Gasteiger partial charge on any atom is -0.372 e. The number of nitrogens with zero attached hydrogens (tertiary/aromatic N) is 3. The van der Waals surface area contributed by atoms with Crippen LogP contribution in [0.2, 0.25) is 0 Å². The van der Waals surface area contributed by atoms with E-state index >= 15 is 0 Å². The molecule has 2 atom stereocenters. The maximum absolute atomic E-state index is 13.0. The summed E-state index contributed by atoms with van der Waals surface area (Å²) in [5, 5.41) is 4.57. The third kappa shape index (κ3) is 3.01. The minimum absolute atomic E-state index is 0.0455. The number of carbonyl (C=O) groups excluding carboxylic acids is 1. The van der Waals surface area contributed by atoms with Gasteiger partial charge in [0.25, 0.3) is 5.91 Å². The van der Waals surface area contributed by atoms with Crippen LogP contribution in [0.1, 0.15) is 35.6 Å². The molecule has 5 heteroatoms. The second kappa shape index (κ2) is 6.16. The van der Waals surface area contributed by atoms with Gasteiger partial charge in [-0.2, -0.15) is 5.10 Å². The van der Waals surface area contributed by atoms with E-state index in [1.807, 2.05) is 67.6 Å². The van der Waals surface area contributed by atoms with Crippen LogP contribution in [0.3, 0.4) is 0 Å². The Morgan fingerprint density at radius 1 is 1.13 bits per heavy atom. The highest BCUT2D eigenvalue weighted by Crippen LogP contribution is 2.21. The summed E-state index contributed by atoms with van der Waals surface area (Å²) >= 11 is 0. The zero-order valence-electron chi connectivity index (χ0n) is 14.1. The lowest BCUT2D eigenvalue weighted by Crippen LogP contribution is -2.48. The Kier molecular flexibility index (Phi) is 4.22.